The van der Waals surface area contributed by atoms with Crippen molar-refractivity contribution in [2.45, 2.75) is 6.42 Å². The van der Waals surface area contributed by atoms with Gasteiger partial charge in [-0.25, -0.2) is 0 Å². The number of hydrogen-bond acceptors (Lipinski definition) is 6. The van der Waals surface area contributed by atoms with Crippen LogP contribution in [-0.4, -0.2) is 59.5 Å². The van der Waals surface area contributed by atoms with Crippen LogP contribution in [0.3, 0.4) is 0 Å². The fourth-order valence-corrected chi connectivity index (χ4v) is 2.07. The molecule has 94 valence electrons. The van der Waals surface area contributed by atoms with Crippen molar-refractivity contribution in [2.24, 2.45) is 0 Å². The van der Waals surface area contributed by atoms with Crippen molar-refractivity contribution in [3.05, 3.63) is 12.1 Å². The van der Waals surface area contributed by atoms with Gasteiger partial charge in [-0.05, 0) is 25.1 Å². The molecule has 1 aromatic heterocycles. The Morgan fingerprint density at radius 2 is 2.06 bits per heavy atom. The van der Waals surface area contributed by atoms with Gasteiger partial charge < -0.3 is 15.7 Å². The third-order valence-electron chi connectivity index (χ3n) is 3.00. The number of rotatable bonds is 3. The van der Waals surface area contributed by atoms with Crippen LogP contribution in [-0.2, 0) is 0 Å². The Kier molecular flexibility index (Phi) is 4.11. The van der Waals surface area contributed by atoms with E-state index in [-0.39, 0.29) is 6.61 Å². The number of nitrogens with two attached hydrogens (primary N) is 1. The molecule has 2 heterocycles. The summed E-state index contributed by atoms with van der Waals surface area (Å²) in [5, 5.41) is 16.9. The highest BCUT2D eigenvalue weighted by Crippen LogP contribution is 2.13. The average Bonchev–Trinajstić information content (AvgIpc) is 2.56. The minimum atomic E-state index is 0.224. The highest BCUT2D eigenvalue weighted by Gasteiger charge is 2.15. The Hall–Kier alpha value is -1.40. The molecule has 0 aliphatic carbocycles. The molecule has 3 N–H and O–H groups in total. The summed E-state index contributed by atoms with van der Waals surface area (Å²) >= 11 is 0. The minimum Gasteiger partial charge on any atom is -0.395 e. The van der Waals surface area contributed by atoms with Crippen molar-refractivity contribution in [3.63, 3.8) is 0 Å². The Morgan fingerprint density at radius 3 is 2.76 bits per heavy atom. The van der Waals surface area contributed by atoms with E-state index in [2.05, 4.69) is 20.0 Å². The number of hydrogen-bond donors (Lipinski definition) is 2. The van der Waals surface area contributed by atoms with Crippen molar-refractivity contribution < 1.29 is 5.11 Å². The van der Waals surface area contributed by atoms with Crippen LogP contribution in [0.4, 0.5) is 11.6 Å². The summed E-state index contributed by atoms with van der Waals surface area (Å²) in [5.74, 6) is 1.33. The third-order valence-corrected chi connectivity index (χ3v) is 3.00. The number of aromatic nitrogens is 2. The van der Waals surface area contributed by atoms with E-state index in [4.69, 9.17) is 10.8 Å². The molecule has 2 rings (SSSR count). The zero-order chi connectivity index (χ0) is 12.1. The molecule has 0 amide bonds. The van der Waals surface area contributed by atoms with E-state index in [0.29, 0.717) is 5.82 Å². The van der Waals surface area contributed by atoms with Crippen molar-refractivity contribution in [3.8, 4) is 0 Å². The van der Waals surface area contributed by atoms with E-state index in [0.717, 1.165) is 45.0 Å². The molecule has 0 unspecified atom stereocenters. The van der Waals surface area contributed by atoms with Gasteiger partial charge in [0.05, 0.1) is 6.61 Å². The van der Waals surface area contributed by atoms with E-state index in [1.807, 2.05) is 6.07 Å². The van der Waals surface area contributed by atoms with Crippen molar-refractivity contribution in [1.29, 1.82) is 0 Å². The summed E-state index contributed by atoms with van der Waals surface area (Å²) < 4.78 is 0. The van der Waals surface area contributed by atoms with Gasteiger partial charge in [-0.15, -0.1) is 10.2 Å². The van der Waals surface area contributed by atoms with Crippen LogP contribution in [0.25, 0.3) is 0 Å². The molecule has 0 atom stereocenters. The monoisotopic (exact) mass is 237 g/mol. The maximum absolute atomic E-state index is 8.93. The topological polar surface area (TPSA) is 78.5 Å². The lowest BCUT2D eigenvalue weighted by Gasteiger charge is -2.21. The second-order valence-electron chi connectivity index (χ2n) is 4.22. The summed E-state index contributed by atoms with van der Waals surface area (Å²) in [6.45, 7) is 4.84. The SMILES string of the molecule is Nc1ccc(N2CCCN(CCO)CC2)nn1. The zero-order valence-corrected chi connectivity index (χ0v) is 9.92. The van der Waals surface area contributed by atoms with E-state index < -0.39 is 0 Å². The molecular weight excluding hydrogens is 218 g/mol. The predicted molar refractivity (Wildman–Crippen MR) is 66.8 cm³/mol. The molecule has 1 fully saturated rings. The lowest BCUT2D eigenvalue weighted by molar-refractivity contribution is 0.204. The van der Waals surface area contributed by atoms with Gasteiger partial charge in [-0.1, -0.05) is 0 Å². The molecule has 0 saturated carbocycles. The van der Waals surface area contributed by atoms with Crippen LogP contribution in [0, 0.1) is 0 Å². The molecule has 17 heavy (non-hydrogen) atoms. The quantitative estimate of drug-likeness (QED) is 0.742. The highest BCUT2D eigenvalue weighted by molar-refractivity contribution is 5.41. The van der Waals surface area contributed by atoms with E-state index in [1.165, 1.54) is 0 Å². The smallest absolute Gasteiger partial charge is 0.151 e. The molecule has 1 saturated heterocycles. The standard InChI is InChI=1S/C11H19N5O/c12-10-2-3-11(14-13-10)16-5-1-4-15(6-7-16)8-9-17/h2-3,17H,1,4-9H2,(H2,12,13). The molecule has 1 aliphatic heterocycles. The van der Waals surface area contributed by atoms with Crippen LogP contribution in [0.15, 0.2) is 12.1 Å². The maximum atomic E-state index is 8.93. The third kappa shape index (κ3) is 3.28. The Bertz CT molecular complexity index is 342. The first kappa shape index (κ1) is 12.1. The molecule has 6 nitrogen and oxygen atoms in total. The number of anilines is 2. The number of aliphatic hydroxyl groups excluding tert-OH is 1. The first-order valence-electron chi connectivity index (χ1n) is 5.97. The Balaban J connectivity index is 1.96. The van der Waals surface area contributed by atoms with E-state index in [1.54, 1.807) is 6.07 Å². The lowest BCUT2D eigenvalue weighted by atomic mass is 10.3. The summed E-state index contributed by atoms with van der Waals surface area (Å²) in [6.07, 6.45) is 1.08. The van der Waals surface area contributed by atoms with E-state index in [9.17, 15) is 0 Å². The van der Waals surface area contributed by atoms with E-state index >= 15 is 0 Å². The number of nitrogens with zero attached hydrogens (tertiary/aromatic N) is 4. The van der Waals surface area contributed by atoms with Crippen LogP contribution >= 0.6 is 0 Å². The summed E-state index contributed by atoms with van der Waals surface area (Å²) in [5.41, 5.74) is 5.52. The fourth-order valence-electron chi connectivity index (χ4n) is 2.07. The van der Waals surface area contributed by atoms with Crippen LogP contribution in [0.2, 0.25) is 0 Å². The molecule has 0 radical (unpaired) electrons. The molecule has 0 spiro atoms. The molecule has 0 bridgehead atoms. The molecule has 1 aliphatic rings. The molecular formula is C11H19N5O. The molecule has 6 heteroatoms. The van der Waals surface area contributed by atoms with Gasteiger partial charge in [-0.2, -0.15) is 0 Å². The van der Waals surface area contributed by atoms with Crippen molar-refractivity contribution in [2.75, 3.05) is 50.0 Å². The minimum absolute atomic E-state index is 0.224. The second kappa shape index (κ2) is 5.79. The number of nitrogen functional groups attached to an aromatic ring is 1. The largest absolute Gasteiger partial charge is 0.395 e. The van der Waals surface area contributed by atoms with Gasteiger partial charge >= 0.3 is 0 Å². The van der Waals surface area contributed by atoms with Crippen LogP contribution in [0.5, 0.6) is 0 Å². The summed E-state index contributed by atoms with van der Waals surface area (Å²) in [4.78, 5) is 4.48. The van der Waals surface area contributed by atoms with Crippen molar-refractivity contribution >= 4 is 11.6 Å². The average molecular weight is 237 g/mol. The number of β-amino-alcohol motifs (C(OH)–C–C–N with tert-alkyl or cyclic N) is 1. The maximum Gasteiger partial charge on any atom is 0.151 e. The zero-order valence-electron chi connectivity index (χ0n) is 9.92. The molecule has 0 aromatic carbocycles. The Morgan fingerprint density at radius 1 is 1.18 bits per heavy atom. The molecule has 1 aromatic rings. The highest BCUT2D eigenvalue weighted by atomic mass is 16.3. The van der Waals surface area contributed by atoms with Gasteiger partial charge in [0.15, 0.2) is 5.82 Å². The van der Waals surface area contributed by atoms with Gasteiger partial charge in [0, 0.05) is 26.2 Å². The fraction of sp³-hybridized carbons (Fsp3) is 0.636. The predicted octanol–water partition coefficient (Wildman–Crippen LogP) is -0.437. The number of aliphatic hydroxyl groups is 1. The second-order valence-corrected chi connectivity index (χ2v) is 4.22. The van der Waals surface area contributed by atoms with Gasteiger partial charge in [0.1, 0.15) is 5.82 Å². The van der Waals surface area contributed by atoms with Crippen LogP contribution < -0.4 is 10.6 Å². The lowest BCUT2D eigenvalue weighted by Crippen LogP contribution is -2.32. The first-order valence-corrected chi connectivity index (χ1v) is 5.97. The first-order chi connectivity index (χ1) is 8.29. The van der Waals surface area contributed by atoms with Crippen LogP contribution in [0.1, 0.15) is 6.42 Å². The van der Waals surface area contributed by atoms with Gasteiger partial charge in [-0.3, -0.25) is 4.90 Å². The normalized spacial score (nSPS) is 18.1. The Labute approximate surface area is 101 Å². The summed E-state index contributed by atoms with van der Waals surface area (Å²) in [6, 6.07) is 3.68. The van der Waals surface area contributed by atoms with Gasteiger partial charge in [0.2, 0.25) is 0 Å². The van der Waals surface area contributed by atoms with Gasteiger partial charge in [0.25, 0.3) is 0 Å². The summed E-state index contributed by atoms with van der Waals surface area (Å²) in [7, 11) is 0. The van der Waals surface area contributed by atoms with Crippen molar-refractivity contribution in [1.82, 2.24) is 15.1 Å².